The summed E-state index contributed by atoms with van der Waals surface area (Å²) in [5.41, 5.74) is 1.41. The maximum absolute atomic E-state index is 12.3. The molecule has 0 amide bonds. The lowest BCUT2D eigenvalue weighted by molar-refractivity contribution is 0.271. The molecule has 0 spiro atoms. The molecule has 1 aromatic carbocycles. The van der Waals surface area contributed by atoms with Crippen LogP contribution in [0.2, 0.25) is 0 Å². The largest absolute Gasteiger partial charge is 0.390 e. The van der Waals surface area contributed by atoms with Gasteiger partial charge in [0.1, 0.15) is 5.82 Å². The van der Waals surface area contributed by atoms with Crippen LogP contribution in [0, 0.1) is 0 Å². The van der Waals surface area contributed by atoms with Gasteiger partial charge in [-0.1, -0.05) is 23.9 Å². The van der Waals surface area contributed by atoms with E-state index in [1.807, 2.05) is 29.8 Å². The molecule has 0 saturated carbocycles. The smallest absolute Gasteiger partial charge is 0.261 e. The van der Waals surface area contributed by atoms with Crippen LogP contribution in [-0.2, 0) is 26.5 Å². The molecule has 1 N–H and O–H groups in total. The molecule has 0 unspecified atom stereocenters. The third-order valence-corrected chi connectivity index (χ3v) is 4.65. The fraction of sp³-hybridized carbons (Fsp3) is 0.267. The van der Waals surface area contributed by atoms with E-state index >= 15 is 0 Å². The summed E-state index contributed by atoms with van der Waals surface area (Å²) in [5, 5.41) is 10.6. The van der Waals surface area contributed by atoms with Crippen LogP contribution in [-0.4, -0.2) is 24.2 Å². The van der Waals surface area contributed by atoms with Crippen LogP contribution in [0.1, 0.15) is 11.5 Å². The first-order valence-electron chi connectivity index (χ1n) is 6.80. The van der Waals surface area contributed by atoms with E-state index in [1.165, 1.54) is 11.8 Å². The van der Waals surface area contributed by atoms with Crippen molar-refractivity contribution in [2.75, 3.05) is 0 Å². The number of para-hydroxylation sites is 1. The summed E-state index contributed by atoms with van der Waals surface area (Å²) in [4.78, 5) is 21.2. The quantitative estimate of drug-likeness (QED) is 0.738. The SMILES string of the molecule is Cn1c(CO)cnc1SCc1nc2ccccc2c(=O)n1C. The van der Waals surface area contributed by atoms with Gasteiger partial charge in [-0.05, 0) is 12.1 Å². The van der Waals surface area contributed by atoms with Crippen LogP contribution in [0.15, 0.2) is 40.4 Å². The number of aromatic nitrogens is 4. The first-order valence-corrected chi connectivity index (χ1v) is 7.79. The zero-order valence-electron chi connectivity index (χ0n) is 12.4. The Hall–Kier alpha value is -2.12. The average molecular weight is 316 g/mol. The molecule has 0 bridgehead atoms. The van der Waals surface area contributed by atoms with Gasteiger partial charge in [0, 0.05) is 14.1 Å². The van der Waals surface area contributed by atoms with E-state index < -0.39 is 0 Å². The molecule has 0 fully saturated rings. The summed E-state index contributed by atoms with van der Waals surface area (Å²) in [5.74, 6) is 1.23. The number of imidazole rings is 1. The molecular weight excluding hydrogens is 300 g/mol. The number of hydrogen-bond donors (Lipinski definition) is 1. The summed E-state index contributed by atoms with van der Waals surface area (Å²) < 4.78 is 3.41. The molecular formula is C15H16N4O2S. The Morgan fingerprint density at radius 3 is 2.73 bits per heavy atom. The number of aliphatic hydroxyl groups is 1. The van der Waals surface area contributed by atoms with Gasteiger partial charge in [-0.25, -0.2) is 9.97 Å². The number of aliphatic hydroxyl groups excluding tert-OH is 1. The van der Waals surface area contributed by atoms with E-state index in [0.29, 0.717) is 22.5 Å². The maximum atomic E-state index is 12.3. The molecule has 0 saturated heterocycles. The molecule has 0 atom stereocenters. The summed E-state index contributed by atoms with van der Waals surface area (Å²) in [7, 11) is 3.59. The molecule has 22 heavy (non-hydrogen) atoms. The van der Waals surface area contributed by atoms with Gasteiger partial charge in [0.25, 0.3) is 5.56 Å². The normalized spacial score (nSPS) is 11.2. The summed E-state index contributed by atoms with van der Waals surface area (Å²) in [6, 6.07) is 7.34. The second kappa shape index (κ2) is 5.94. The van der Waals surface area contributed by atoms with Crippen LogP contribution in [0.5, 0.6) is 0 Å². The number of thioether (sulfide) groups is 1. The summed E-state index contributed by atoms with van der Waals surface area (Å²) >= 11 is 1.49. The Labute approximate surface area is 131 Å². The molecule has 2 aromatic heterocycles. The second-order valence-electron chi connectivity index (χ2n) is 4.95. The van der Waals surface area contributed by atoms with Gasteiger partial charge in [0.2, 0.25) is 0 Å². The monoisotopic (exact) mass is 316 g/mol. The highest BCUT2D eigenvalue weighted by molar-refractivity contribution is 7.98. The van der Waals surface area contributed by atoms with Crippen LogP contribution >= 0.6 is 11.8 Å². The number of benzene rings is 1. The van der Waals surface area contributed by atoms with Crippen molar-refractivity contribution >= 4 is 22.7 Å². The van der Waals surface area contributed by atoms with Gasteiger partial charge in [-0.2, -0.15) is 0 Å². The van der Waals surface area contributed by atoms with Crippen molar-refractivity contribution in [2.24, 2.45) is 14.1 Å². The zero-order chi connectivity index (χ0) is 15.7. The van der Waals surface area contributed by atoms with Crippen LogP contribution in [0.25, 0.3) is 10.9 Å². The van der Waals surface area contributed by atoms with Crippen molar-refractivity contribution in [1.29, 1.82) is 0 Å². The van der Waals surface area contributed by atoms with Gasteiger partial charge < -0.3 is 9.67 Å². The minimum Gasteiger partial charge on any atom is -0.390 e. The van der Waals surface area contributed by atoms with Crippen LogP contribution in [0.4, 0.5) is 0 Å². The molecule has 0 radical (unpaired) electrons. The van der Waals surface area contributed by atoms with Gasteiger partial charge in [0.05, 0.1) is 35.2 Å². The molecule has 7 heteroatoms. The van der Waals surface area contributed by atoms with Crippen molar-refractivity contribution < 1.29 is 5.11 Å². The fourth-order valence-corrected chi connectivity index (χ4v) is 3.18. The third kappa shape index (κ3) is 2.53. The highest BCUT2D eigenvalue weighted by Crippen LogP contribution is 2.21. The first kappa shape index (κ1) is 14.8. The molecule has 0 aliphatic heterocycles. The highest BCUT2D eigenvalue weighted by atomic mass is 32.2. The topological polar surface area (TPSA) is 72.9 Å². The molecule has 2 heterocycles. The number of hydrogen-bond acceptors (Lipinski definition) is 5. The Morgan fingerprint density at radius 1 is 1.23 bits per heavy atom. The van der Waals surface area contributed by atoms with Gasteiger partial charge >= 0.3 is 0 Å². The van der Waals surface area contributed by atoms with E-state index in [2.05, 4.69) is 9.97 Å². The predicted molar refractivity (Wildman–Crippen MR) is 85.7 cm³/mol. The van der Waals surface area contributed by atoms with Crippen molar-refractivity contribution in [1.82, 2.24) is 19.1 Å². The second-order valence-corrected chi connectivity index (χ2v) is 5.89. The lowest BCUT2D eigenvalue weighted by atomic mass is 10.2. The summed E-state index contributed by atoms with van der Waals surface area (Å²) in [6.45, 7) is -0.0449. The van der Waals surface area contributed by atoms with Gasteiger partial charge in [-0.15, -0.1) is 0 Å². The molecule has 6 nitrogen and oxygen atoms in total. The van der Waals surface area contributed by atoms with E-state index in [1.54, 1.807) is 23.9 Å². The maximum Gasteiger partial charge on any atom is 0.261 e. The number of fused-ring (bicyclic) bond motifs is 1. The molecule has 3 rings (SSSR count). The lowest BCUT2D eigenvalue weighted by Crippen LogP contribution is -2.21. The van der Waals surface area contributed by atoms with E-state index in [9.17, 15) is 9.90 Å². The Bertz CT molecular complexity index is 885. The summed E-state index contributed by atoms with van der Waals surface area (Å²) in [6.07, 6.45) is 1.65. The molecule has 0 aliphatic rings. The standard InChI is InChI=1S/C15H16N4O2S/c1-18-10(8-20)7-16-15(18)22-9-13-17-12-6-4-3-5-11(12)14(21)19(13)2/h3-7,20H,8-9H2,1-2H3. The highest BCUT2D eigenvalue weighted by Gasteiger charge is 2.11. The van der Waals surface area contributed by atoms with E-state index in [0.717, 1.165) is 10.9 Å². The molecule has 3 aromatic rings. The van der Waals surface area contributed by atoms with Crippen molar-refractivity contribution in [3.05, 3.63) is 52.3 Å². The number of rotatable bonds is 4. The van der Waals surface area contributed by atoms with Gasteiger partial charge in [0.15, 0.2) is 5.16 Å². The van der Waals surface area contributed by atoms with E-state index in [-0.39, 0.29) is 12.2 Å². The third-order valence-electron chi connectivity index (χ3n) is 3.61. The molecule has 0 aliphatic carbocycles. The minimum atomic E-state index is -0.0449. The molecule has 114 valence electrons. The van der Waals surface area contributed by atoms with Crippen molar-refractivity contribution in [3.63, 3.8) is 0 Å². The van der Waals surface area contributed by atoms with Crippen molar-refractivity contribution in [2.45, 2.75) is 17.5 Å². The minimum absolute atomic E-state index is 0.0444. The van der Waals surface area contributed by atoms with Crippen molar-refractivity contribution in [3.8, 4) is 0 Å². The van der Waals surface area contributed by atoms with Gasteiger partial charge in [-0.3, -0.25) is 9.36 Å². The van der Waals surface area contributed by atoms with Crippen LogP contribution in [0.3, 0.4) is 0 Å². The number of nitrogens with zero attached hydrogens (tertiary/aromatic N) is 4. The zero-order valence-corrected chi connectivity index (χ0v) is 13.2. The Kier molecular flexibility index (Phi) is 4.00. The van der Waals surface area contributed by atoms with Crippen LogP contribution < -0.4 is 5.56 Å². The lowest BCUT2D eigenvalue weighted by Gasteiger charge is -2.09. The first-order chi connectivity index (χ1) is 10.6. The Balaban J connectivity index is 1.92. The fourth-order valence-electron chi connectivity index (χ4n) is 2.23. The predicted octanol–water partition coefficient (Wildman–Crippen LogP) is 1.45. The van der Waals surface area contributed by atoms with E-state index in [4.69, 9.17) is 0 Å². The Morgan fingerprint density at radius 2 is 2.00 bits per heavy atom. The average Bonchev–Trinajstić information content (AvgIpc) is 2.89.